The summed E-state index contributed by atoms with van der Waals surface area (Å²) >= 11 is 0. The summed E-state index contributed by atoms with van der Waals surface area (Å²) in [5, 5.41) is 0. The number of Topliss-reactive ketones (excluding diaryl/α,β-unsaturated/α-hetero) is 1. The van der Waals surface area contributed by atoms with Crippen molar-refractivity contribution in [2.24, 2.45) is 0 Å². The molecule has 0 fully saturated rings. The molecule has 0 aromatic carbocycles. The second-order valence-corrected chi connectivity index (χ2v) is 3.83. The lowest BCUT2D eigenvalue weighted by Gasteiger charge is -2.02. The van der Waals surface area contributed by atoms with Crippen molar-refractivity contribution in [3.8, 4) is 11.4 Å². The largest absolute Gasteiger partial charge is 0.456 e. The van der Waals surface area contributed by atoms with E-state index in [4.69, 9.17) is 0 Å². The Morgan fingerprint density at radius 2 is 1.94 bits per heavy atom. The van der Waals surface area contributed by atoms with Gasteiger partial charge in [0.05, 0.1) is 17.1 Å². The fourth-order valence-corrected chi connectivity index (χ4v) is 1.46. The SMILES string of the molecule is Cc1ccc(-c2ccc(C(=O)C(F)(F)F)[nH]2)nc1. The molecule has 0 saturated carbocycles. The van der Waals surface area contributed by atoms with E-state index in [2.05, 4.69) is 9.97 Å². The number of alkyl halides is 3. The van der Waals surface area contributed by atoms with E-state index in [9.17, 15) is 18.0 Å². The van der Waals surface area contributed by atoms with Crippen LogP contribution in [0.2, 0.25) is 0 Å². The van der Waals surface area contributed by atoms with Gasteiger partial charge in [0.2, 0.25) is 0 Å². The maximum Gasteiger partial charge on any atom is 0.456 e. The van der Waals surface area contributed by atoms with Crippen molar-refractivity contribution in [2.45, 2.75) is 13.1 Å². The molecule has 0 spiro atoms. The highest BCUT2D eigenvalue weighted by Crippen LogP contribution is 2.23. The molecule has 1 N–H and O–H groups in total. The Balaban J connectivity index is 2.31. The monoisotopic (exact) mass is 254 g/mol. The predicted octanol–water partition coefficient (Wildman–Crippen LogP) is 3.13. The Bertz CT molecular complexity index is 570. The van der Waals surface area contributed by atoms with E-state index in [0.29, 0.717) is 11.4 Å². The van der Waals surface area contributed by atoms with Gasteiger partial charge in [0.25, 0.3) is 5.78 Å². The Labute approximate surface area is 101 Å². The first kappa shape index (κ1) is 12.3. The van der Waals surface area contributed by atoms with Crippen LogP contribution in [0.15, 0.2) is 30.5 Å². The zero-order chi connectivity index (χ0) is 13.3. The van der Waals surface area contributed by atoms with Gasteiger partial charge >= 0.3 is 6.18 Å². The minimum atomic E-state index is -4.87. The topological polar surface area (TPSA) is 45.8 Å². The quantitative estimate of drug-likeness (QED) is 0.837. The average Bonchev–Trinajstić information content (AvgIpc) is 2.77. The molecular formula is C12H9F3N2O. The van der Waals surface area contributed by atoms with E-state index < -0.39 is 17.7 Å². The van der Waals surface area contributed by atoms with Gasteiger partial charge in [0.1, 0.15) is 0 Å². The number of carbonyl (C=O) groups is 1. The van der Waals surface area contributed by atoms with E-state index in [-0.39, 0.29) is 0 Å². The number of nitrogens with zero attached hydrogens (tertiary/aromatic N) is 1. The number of nitrogens with one attached hydrogen (secondary N) is 1. The molecule has 0 aliphatic rings. The van der Waals surface area contributed by atoms with Crippen LogP contribution in [0.5, 0.6) is 0 Å². The standard InChI is InChI=1S/C12H9F3N2O/c1-7-2-3-8(16-6-7)9-4-5-10(17-9)11(18)12(13,14)15/h2-6,17H,1H3. The van der Waals surface area contributed by atoms with Crippen LogP contribution in [0.4, 0.5) is 13.2 Å². The van der Waals surface area contributed by atoms with Crippen LogP contribution >= 0.6 is 0 Å². The lowest BCUT2D eigenvalue weighted by molar-refractivity contribution is -0.0887. The number of aromatic nitrogens is 2. The molecule has 0 atom stereocenters. The Morgan fingerprint density at radius 1 is 1.22 bits per heavy atom. The zero-order valence-corrected chi connectivity index (χ0v) is 9.38. The maximum absolute atomic E-state index is 12.2. The lowest BCUT2D eigenvalue weighted by Crippen LogP contribution is -2.22. The first-order chi connectivity index (χ1) is 8.38. The van der Waals surface area contributed by atoms with Crippen molar-refractivity contribution >= 4 is 5.78 Å². The number of rotatable bonds is 2. The summed E-state index contributed by atoms with van der Waals surface area (Å²) in [6, 6.07) is 5.96. The third kappa shape index (κ3) is 2.42. The van der Waals surface area contributed by atoms with Gasteiger partial charge in [-0.2, -0.15) is 13.2 Å². The van der Waals surface area contributed by atoms with Gasteiger partial charge in [-0.1, -0.05) is 6.07 Å². The molecule has 0 unspecified atom stereocenters. The van der Waals surface area contributed by atoms with Gasteiger partial charge in [0, 0.05) is 6.20 Å². The summed E-state index contributed by atoms with van der Waals surface area (Å²) < 4.78 is 36.6. The molecule has 2 aromatic heterocycles. The fourth-order valence-electron chi connectivity index (χ4n) is 1.46. The van der Waals surface area contributed by atoms with Crippen LogP contribution in [-0.4, -0.2) is 21.9 Å². The normalized spacial score (nSPS) is 11.6. The number of ketones is 1. The van der Waals surface area contributed by atoms with Crippen LogP contribution in [0.25, 0.3) is 11.4 Å². The number of carbonyl (C=O) groups excluding carboxylic acids is 1. The number of hydrogen-bond acceptors (Lipinski definition) is 2. The van der Waals surface area contributed by atoms with Crippen LogP contribution in [0.1, 0.15) is 16.1 Å². The molecule has 94 valence electrons. The first-order valence-electron chi connectivity index (χ1n) is 5.11. The van der Waals surface area contributed by atoms with Crippen molar-refractivity contribution in [2.75, 3.05) is 0 Å². The van der Waals surface area contributed by atoms with E-state index in [0.717, 1.165) is 11.6 Å². The summed E-state index contributed by atoms with van der Waals surface area (Å²) in [6.07, 6.45) is -3.27. The van der Waals surface area contributed by atoms with Crippen LogP contribution in [0, 0.1) is 6.92 Å². The van der Waals surface area contributed by atoms with Gasteiger partial charge in [0.15, 0.2) is 0 Å². The third-order valence-electron chi connectivity index (χ3n) is 2.38. The van der Waals surface area contributed by atoms with Gasteiger partial charge in [-0.25, -0.2) is 0 Å². The summed E-state index contributed by atoms with van der Waals surface area (Å²) in [4.78, 5) is 17.5. The zero-order valence-electron chi connectivity index (χ0n) is 9.38. The van der Waals surface area contributed by atoms with Crippen LogP contribution < -0.4 is 0 Å². The summed E-state index contributed by atoms with van der Waals surface area (Å²) in [5.41, 5.74) is 1.32. The minimum absolute atomic E-state index is 0.377. The summed E-state index contributed by atoms with van der Waals surface area (Å²) in [5.74, 6) is -1.89. The number of aryl methyl sites for hydroxylation is 1. The number of H-pyrrole nitrogens is 1. The molecule has 0 aliphatic carbocycles. The van der Waals surface area contributed by atoms with Gasteiger partial charge < -0.3 is 4.98 Å². The smallest absolute Gasteiger partial charge is 0.351 e. The van der Waals surface area contributed by atoms with E-state index in [1.54, 1.807) is 18.3 Å². The molecule has 18 heavy (non-hydrogen) atoms. The predicted molar refractivity (Wildman–Crippen MR) is 59.1 cm³/mol. The Kier molecular flexibility index (Phi) is 2.94. The highest BCUT2D eigenvalue weighted by molar-refractivity contribution is 5.99. The molecule has 2 rings (SSSR count). The van der Waals surface area contributed by atoms with Gasteiger partial charge in [-0.15, -0.1) is 0 Å². The molecule has 0 amide bonds. The first-order valence-corrected chi connectivity index (χ1v) is 5.11. The Morgan fingerprint density at radius 3 is 2.50 bits per heavy atom. The van der Waals surface area contributed by atoms with Crippen LogP contribution in [0.3, 0.4) is 0 Å². The molecule has 6 heteroatoms. The number of hydrogen-bond donors (Lipinski definition) is 1. The second-order valence-electron chi connectivity index (χ2n) is 3.83. The van der Waals surface area contributed by atoms with Crippen molar-refractivity contribution in [3.05, 3.63) is 41.7 Å². The van der Waals surface area contributed by atoms with E-state index >= 15 is 0 Å². The summed E-state index contributed by atoms with van der Waals surface area (Å²) in [7, 11) is 0. The fraction of sp³-hybridized carbons (Fsp3) is 0.167. The average molecular weight is 254 g/mol. The Hall–Kier alpha value is -2.11. The van der Waals surface area contributed by atoms with E-state index in [1.165, 1.54) is 6.07 Å². The van der Waals surface area contributed by atoms with Gasteiger partial charge in [-0.05, 0) is 30.7 Å². The van der Waals surface area contributed by atoms with E-state index in [1.807, 2.05) is 6.92 Å². The van der Waals surface area contributed by atoms with Crippen molar-refractivity contribution in [3.63, 3.8) is 0 Å². The summed E-state index contributed by atoms with van der Waals surface area (Å²) in [6.45, 7) is 1.85. The van der Waals surface area contributed by atoms with Crippen molar-refractivity contribution in [1.82, 2.24) is 9.97 Å². The molecule has 2 aromatic rings. The molecule has 0 aliphatic heterocycles. The molecule has 0 radical (unpaired) electrons. The highest BCUT2D eigenvalue weighted by atomic mass is 19.4. The van der Waals surface area contributed by atoms with Crippen molar-refractivity contribution in [1.29, 1.82) is 0 Å². The highest BCUT2D eigenvalue weighted by Gasteiger charge is 2.40. The number of halogens is 3. The maximum atomic E-state index is 12.2. The van der Waals surface area contributed by atoms with Crippen LogP contribution in [-0.2, 0) is 0 Å². The molecule has 0 saturated heterocycles. The minimum Gasteiger partial charge on any atom is -0.351 e. The lowest BCUT2D eigenvalue weighted by atomic mass is 10.2. The second kappa shape index (κ2) is 4.29. The molecular weight excluding hydrogens is 245 g/mol. The van der Waals surface area contributed by atoms with Crippen molar-refractivity contribution < 1.29 is 18.0 Å². The molecule has 2 heterocycles. The third-order valence-corrected chi connectivity index (χ3v) is 2.38. The molecule has 3 nitrogen and oxygen atoms in total. The van der Waals surface area contributed by atoms with Gasteiger partial charge in [-0.3, -0.25) is 9.78 Å². The number of aromatic amines is 1. The number of pyridine rings is 1. The molecule has 0 bridgehead atoms.